The number of hydrogen-bond acceptors (Lipinski definition) is 5. The molecular formula is C23H27NO5. The summed E-state index contributed by atoms with van der Waals surface area (Å²) in [5.74, 6) is 0.448. The second kappa shape index (κ2) is 9.45. The number of rotatable bonds is 6. The summed E-state index contributed by atoms with van der Waals surface area (Å²) in [5.41, 5.74) is 2.61. The van der Waals surface area contributed by atoms with E-state index in [1.54, 1.807) is 24.3 Å². The molecule has 0 bridgehead atoms. The van der Waals surface area contributed by atoms with Crippen LogP contribution in [-0.2, 0) is 16.1 Å². The van der Waals surface area contributed by atoms with Crippen molar-refractivity contribution in [1.29, 1.82) is 0 Å². The molecular weight excluding hydrogens is 370 g/mol. The Morgan fingerprint density at radius 2 is 1.86 bits per heavy atom. The summed E-state index contributed by atoms with van der Waals surface area (Å²) in [6.45, 7) is 1.79. The van der Waals surface area contributed by atoms with Gasteiger partial charge in [0, 0.05) is 19.0 Å². The van der Waals surface area contributed by atoms with E-state index in [-0.39, 0.29) is 23.7 Å². The molecule has 0 radical (unpaired) electrons. The minimum atomic E-state index is -0.224. The van der Waals surface area contributed by atoms with Gasteiger partial charge in [0.2, 0.25) is 0 Å². The van der Waals surface area contributed by atoms with Gasteiger partial charge in [0.1, 0.15) is 6.10 Å². The van der Waals surface area contributed by atoms with Crippen LogP contribution in [0.1, 0.15) is 60.0 Å². The van der Waals surface area contributed by atoms with Crippen LogP contribution in [-0.4, -0.2) is 30.2 Å². The average molecular weight is 397 g/mol. The Morgan fingerprint density at radius 3 is 2.55 bits per heavy atom. The van der Waals surface area contributed by atoms with E-state index in [0.29, 0.717) is 23.8 Å². The zero-order valence-corrected chi connectivity index (χ0v) is 16.8. The minimum Gasteiger partial charge on any atom is -0.504 e. The lowest BCUT2D eigenvalue weighted by Crippen LogP contribution is -2.24. The molecule has 1 amide bonds. The molecule has 154 valence electrons. The van der Waals surface area contributed by atoms with Crippen LogP contribution < -0.4 is 10.1 Å². The van der Waals surface area contributed by atoms with Crippen molar-refractivity contribution in [2.75, 3.05) is 7.11 Å². The maximum Gasteiger partial charge on any atom is 0.302 e. The van der Waals surface area contributed by atoms with Crippen molar-refractivity contribution in [1.82, 2.24) is 5.32 Å². The van der Waals surface area contributed by atoms with Gasteiger partial charge in [-0.3, -0.25) is 9.59 Å². The molecule has 1 saturated carbocycles. The molecule has 0 aliphatic heterocycles. The normalized spacial score (nSPS) is 18.7. The van der Waals surface area contributed by atoms with Gasteiger partial charge < -0.3 is 19.9 Å². The minimum absolute atomic E-state index is 0.0116. The number of phenols is 1. The quantitative estimate of drug-likeness (QED) is 0.722. The Kier molecular flexibility index (Phi) is 6.75. The number of esters is 1. The summed E-state index contributed by atoms with van der Waals surface area (Å²) >= 11 is 0. The third kappa shape index (κ3) is 5.50. The van der Waals surface area contributed by atoms with E-state index in [1.165, 1.54) is 14.0 Å². The number of carbonyl (C=O) groups is 2. The highest BCUT2D eigenvalue weighted by Crippen LogP contribution is 2.34. The van der Waals surface area contributed by atoms with Crippen LogP contribution in [0.5, 0.6) is 11.5 Å². The first kappa shape index (κ1) is 20.7. The van der Waals surface area contributed by atoms with E-state index in [1.807, 2.05) is 12.1 Å². The van der Waals surface area contributed by atoms with Gasteiger partial charge in [0.05, 0.1) is 7.11 Å². The zero-order valence-electron chi connectivity index (χ0n) is 16.8. The summed E-state index contributed by atoms with van der Waals surface area (Å²) in [5, 5.41) is 12.6. The van der Waals surface area contributed by atoms with Crippen LogP contribution in [0.3, 0.4) is 0 Å². The molecule has 0 unspecified atom stereocenters. The lowest BCUT2D eigenvalue weighted by atomic mass is 9.82. The number of amides is 1. The molecule has 1 aliphatic rings. The van der Waals surface area contributed by atoms with Crippen molar-refractivity contribution in [3.8, 4) is 11.5 Å². The Hall–Kier alpha value is -3.02. The zero-order chi connectivity index (χ0) is 20.8. The molecule has 6 heteroatoms. The molecule has 0 spiro atoms. The maximum atomic E-state index is 12.6. The topological polar surface area (TPSA) is 84.9 Å². The molecule has 2 N–H and O–H groups in total. The van der Waals surface area contributed by atoms with E-state index in [0.717, 1.165) is 36.8 Å². The lowest BCUT2D eigenvalue weighted by Gasteiger charge is -2.28. The van der Waals surface area contributed by atoms with Gasteiger partial charge in [-0.1, -0.05) is 18.2 Å². The molecule has 1 fully saturated rings. The lowest BCUT2D eigenvalue weighted by molar-refractivity contribution is -0.147. The number of hydrogen-bond donors (Lipinski definition) is 2. The van der Waals surface area contributed by atoms with Gasteiger partial charge in [-0.05, 0) is 67.0 Å². The number of nitrogens with one attached hydrogen (secondary N) is 1. The summed E-state index contributed by atoms with van der Waals surface area (Å²) in [7, 11) is 1.49. The van der Waals surface area contributed by atoms with Gasteiger partial charge >= 0.3 is 5.97 Å². The Morgan fingerprint density at radius 1 is 1.10 bits per heavy atom. The third-order valence-electron chi connectivity index (χ3n) is 5.32. The molecule has 0 heterocycles. The molecule has 0 aromatic heterocycles. The fourth-order valence-corrected chi connectivity index (χ4v) is 3.80. The molecule has 1 aliphatic carbocycles. The smallest absolute Gasteiger partial charge is 0.302 e. The first-order valence-corrected chi connectivity index (χ1v) is 9.87. The van der Waals surface area contributed by atoms with Crippen LogP contribution in [0.15, 0.2) is 42.5 Å². The van der Waals surface area contributed by atoms with Crippen LogP contribution in [0.2, 0.25) is 0 Å². The molecule has 29 heavy (non-hydrogen) atoms. The number of carbonyl (C=O) groups excluding carboxylic acids is 2. The van der Waals surface area contributed by atoms with Gasteiger partial charge in [-0.25, -0.2) is 0 Å². The number of ether oxygens (including phenoxy) is 2. The molecule has 0 atom stereocenters. The van der Waals surface area contributed by atoms with Gasteiger partial charge in [-0.2, -0.15) is 0 Å². The fourth-order valence-electron chi connectivity index (χ4n) is 3.80. The number of benzene rings is 2. The highest BCUT2D eigenvalue weighted by Gasteiger charge is 2.24. The van der Waals surface area contributed by atoms with Gasteiger partial charge in [-0.15, -0.1) is 0 Å². The van der Waals surface area contributed by atoms with Crippen molar-refractivity contribution < 1.29 is 24.2 Å². The highest BCUT2D eigenvalue weighted by molar-refractivity contribution is 5.94. The van der Waals surface area contributed by atoms with Crippen molar-refractivity contribution in [2.24, 2.45) is 0 Å². The summed E-state index contributed by atoms with van der Waals surface area (Å²) in [6.07, 6.45) is 3.59. The Labute approximate surface area is 170 Å². The van der Waals surface area contributed by atoms with Crippen LogP contribution in [0.25, 0.3) is 0 Å². The molecule has 2 aromatic rings. The first-order valence-electron chi connectivity index (χ1n) is 9.87. The third-order valence-corrected chi connectivity index (χ3v) is 5.32. The van der Waals surface area contributed by atoms with Crippen molar-refractivity contribution in [2.45, 2.75) is 51.2 Å². The largest absolute Gasteiger partial charge is 0.504 e. The van der Waals surface area contributed by atoms with Crippen LogP contribution in [0.4, 0.5) is 0 Å². The fraction of sp³-hybridized carbons (Fsp3) is 0.391. The van der Waals surface area contributed by atoms with E-state index >= 15 is 0 Å². The van der Waals surface area contributed by atoms with Crippen molar-refractivity contribution >= 4 is 11.9 Å². The predicted molar refractivity (Wildman–Crippen MR) is 109 cm³/mol. The highest BCUT2D eigenvalue weighted by atomic mass is 16.5. The summed E-state index contributed by atoms with van der Waals surface area (Å²) in [4.78, 5) is 23.7. The second-order valence-corrected chi connectivity index (χ2v) is 7.40. The first-order chi connectivity index (χ1) is 14.0. The van der Waals surface area contributed by atoms with Crippen LogP contribution in [0, 0.1) is 0 Å². The summed E-state index contributed by atoms with van der Waals surface area (Å²) in [6, 6.07) is 12.7. The molecule has 0 saturated heterocycles. The van der Waals surface area contributed by atoms with Gasteiger partial charge in [0.25, 0.3) is 5.91 Å². The monoisotopic (exact) mass is 397 g/mol. The number of methoxy groups -OCH3 is 1. The van der Waals surface area contributed by atoms with E-state index in [4.69, 9.17) is 9.47 Å². The van der Waals surface area contributed by atoms with E-state index in [9.17, 15) is 14.7 Å². The van der Waals surface area contributed by atoms with Crippen molar-refractivity contribution in [3.05, 3.63) is 59.2 Å². The summed E-state index contributed by atoms with van der Waals surface area (Å²) < 4.78 is 10.4. The average Bonchev–Trinajstić information content (AvgIpc) is 2.73. The number of aromatic hydroxyl groups is 1. The molecule has 3 rings (SSSR count). The maximum absolute atomic E-state index is 12.6. The molecule has 6 nitrogen and oxygen atoms in total. The van der Waals surface area contributed by atoms with Crippen LogP contribution >= 0.6 is 0 Å². The number of phenolic OH excluding ortho intramolecular Hbond substituents is 1. The predicted octanol–water partition coefficient (Wildman–Crippen LogP) is 3.92. The standard InChI is InChI=1S/C23H27NO5/c1-15(25)29-20-9-7-17(8-10-20)18-4-3-5-19(13-18)23(27)24-14-16-6-11-21(26)22(12-16)28-2/h3-6,11-13,17,20,26H,7-10,14H2,1-2H3,(H,24,27). The van der Waals surface area contributed by atoms with E-state index < -0.39 is 0 Å². The van der Waals surface area contributed by atoms with Crippen molar-refractivity contribution in [3.63, 3.8) is 0 Å². The SMILES string of the molecule is COc1cc(CNC(=O)c2cccc(C3CCC(OC(C)=O)CC3)c2)ccc1O. The molecule has 2 aromatic carbocycles. The second-order valence-electron chi connectivity index (χ2n) is 7.40. The van der Waals surface area contributed by atoms with E-state index in [2.05, 4.69) is 11.4 Å². The van der Waals surface area contributed by atoms with Gasteiger partial charge in [0.15, 0.2) is 11.5 Å². The Bertz CT molecular complexity index is 871. The Balaban J connectivity index is 1.59.